The number of hydrogen-bond donors (Lipinski definition) is 0. The van der Waals surface area contributed by atoms with Crippen LogP contribution in [0.15, 0.2) is 79.0 Å². The highest BCUT2D eigenvalue weighted by molar-refractivity contribution is 6.42. The number of amides is 1. The number of para-hydroxylation sites is 2. The number of piperidine rings is 2. The van der Waals surface area contributed by atoms with E-state index >= 15 is 0 Å². The number of hydrogen-bond acceptors (Lipinski definition) is 8. The molecule has 3 aromatic carbocycles. The highest BCUT2D eigenvalue weighted by atomic mass is 35.5. The minimum atomic E-state index is -0.355. The van der Waals surface area contributed by atoms with Gasteiger partial charge in [-0.2, -0.15) is 0 Å². The molecule has 0 aliphatic carbocycles. The second-order valence-corrected chi connectivity index (χ2v) is 15.0. The van der Waals surface area contributed by atoms with Crippen molar-refractivity contribution in [1.29, 1.82) is 0 Å². The van der Waals surface area contributed by atoms with E-state index in [9.17, 15) is 9.59 Å². The van der Waals surface area contributed by atoms with E-state index in [2.05, 4.69) is 9.88 Å². The van der Waals surface area contributed by atoms with Gasteiger partial charge >= 0.3 is 0 Å². The van der Waals surface area contributed by atoms with Crippen molar-refractivity contribution in [3.8, 4) is 17.2 Å². The number of carbonyl (C=O) groups is 2. The number of rotatable bonds is 12. The second-order valence-electron chi connectivity index (χ2n) is 14.2. The Morgan fingerprint density at radius 2 is 1.61 bits per heavy atom. The summed E-state index contributed by atoms with van der Waals surface area (Å²) in [7, 11) is 4.63. The van der Waals surface area contributed by atoms with Crippen molar-refractivity contribution in [3.05, 3.63) is 112 Å². The first-order chi connectivity index (χ1) is 26.2. The van der Waals surface area contributed by atoms with Crippen molar-refractivity contribution in [2.45, 2.75) is 44.1 Å². The number of nitrogens with zero attached hydrogens (tertiary/aromatic N) is 5. The molecule has 54 heavy (non-hydrogen) atoms. The van der Waals surface area contributed by atoms with E-state index in [1.807, 2.05) is 70.1 Å². The number of ether oxygens (including phenoxy) is 3. The zero-order valence-corrected chi connectivity index (χ0v) is 32.4. The summed E-state index contributed by atoms with van der Waals surface area (Å²) in [6.45, 7) is 4.02. The van der Waals surface area contributed by atoms with Crippen molar-refractivity contribution in [2.24, 2.45) is 5.92 Å². The minimum absolute atomic E-state index is 0.0854. The number of imidazole rings is 1. The Hall–Kier alpha value is -4.64. The van der Waals surface area contributed by atoms with E-state index < -0.39 is 0 Å². The third kappa shape index (κ3) is 7.65. The summed E-state index contributed by atoms with van der Waals surface area (Å²) >= 11 is 13.0. The number of halogens is 2. The Bertz CT molecular complexity index is 2110. The second kappa shape index (κ2) is 16.4. The summed E-state index contributed by atoms with van der Waals surface area (Å²) in [6.07, 6.45) is 5.80. The van der Waals surface area contributed by atoms with E-state index in [0.717, 1.165) is 74.0 Å². The van der Waals surface area contributed by atoms with Gasteiger partial charge in [0.2, 0.25) is 11.5 Å². The fourth-order valence-corrected chi connectivity index (χ4v) is 8.45. The number of pyridine rings is 1. The Morgan fingerprint density at radius 1 is 0.870 bits per heavy atom. The number of methoxy groups -OCH3 is 3. The summed E-state index contributed by atoms with van der Waals surface area (Å²) in [5.74, 6) is 1.66. The Balaban J connectivity index is 1.07. The largest absolute Gasteiger partial charge is 0.493 e. The Labute approximate surface area is 325 Å². The van der Waals surface area contributed by atoms with Gasteiger partial charge in [0.1, 0.15) is 0 Å². The lowest BCUT2D eigenvalue weighted by Gasteiger charge is -2.45. The van der Waals surface area contributed by atoms with E-state index in [1.54, 1.807) is 39.7 Å². The van der Waals surface area contributed by atoms with Gasteiger partial charge in [-0.3, -0.25) is 14.6 Å². The predicted octanol–water partition coefficient (Wildman–Crippen LogP) is 7.97. The molecule has 0 bridgehead atoms. The molecule has 12 heteroatoms. The van der Waals surface area contributed by atoms with Crippen molar-refractivity contribution < 1.29 is 23.8 Å². The maximum atomic E-state index is 14.2. The van der Waals surface area contributed by atoms with Crippen LogP contribution in [0.3, 0.4) is 0 Å². The summed E-state index contributed by atoms with van der Waals surface area (Å²) < 4.78 is 18.6. The monoisotopic (exact) mass is 769 g/mol. The van der Waals surface area contributed by atoms with Gasteiger partial charge in [-0.15, -0.1) is 0 Å². The van der Waals surface area contributed by atoms with Crippen LogP contribution in [0.2, 0.25) is 10.0 Å². The van der Waals surface area contributed by atoms with Crippen molar-refractivity contribution in [3.63, 3.8) is 0 Å². The molecule has 0 saturated carbocycles. The first-order valence-electron chi connectivity index (χ1n) is 18.4. The molecule has 4 heterocycles. The van der Waals surface area contributed by atoms with Gasteiger partial charge in [0.15, 0.2) is 17.3 Å². The molecule has 1 atom stereocenters. The van der Waals surface area contributed by atoms with Crippen molar-refractivity contribution in [2.75, 3.05) is 54.1 Å². The standard InChI is InChI=1S/C42H45Cl2N5O5/c1-52-36-23-29(24-37(53-2)39(36)54-3)41(51)48-19-8-16-42(27-48,30-12-13-32(43)33(44)25-30)17-22-47-20-14-28(15-21-47)38(50)40-46-34-10-4-5-11-35(34)49(40)26-31-9-6-7-18-45-31/h4-7,9-13,18,23-25,28H,8,14-17,19-22,26-27H2,1-3H3. The third-order valence-corrected chi connectivity index (χ3v) is 11.8. The topological polar surface area (TPSA) is 99.0 Å². The Morgan fingerprint density at radius 3 is 2.30 bits per heavy atom. The first-order valence-corrected chi connectivity index (χ1v) is 19.2. The molecular formula is C42H45Cl2N5O5. The highest BCUT2D eigenvalue weighted by Crippen LogP contribution is 2.42. The lowest BCUT2D eigenvalue weighted by molar-refractivity contribution is 0.0600. The maximum absolute atomic E-state index is 14.2. The number of ketones is 1. The van der Waals surface area contributed by atoms with Crippen LogP contribution in [0.5, 0.6) is 17.2 Å². The lowest BCUT2D eigenvalue weighted by atomic mass is 9.71. The number of fused-ring (bicyclic) bond motifs is 1. The minimum Gasteiger partial charge on any atom is -0.493 e. The van der Waals surface area contributed by atoms with Crippen LogP contribution >= 0.6 is 23.2 Å². The van der Waals surface area contributed by atoms with Crippen molar-refractivity contribution >= 4 is 45.9 Å². The molecule has 1 unspecified atom stereocenters. The number of aromatic nitrogens is 3. The molecule has 7 rings (SSSR count). The lowest BCUT2D eigenvalue weighted by Crippen LogP contribution is -2.50. The van der Waals surface area contributed by atoms with Crippen LogP contribution in [0.4, 0.5) is 0 Å². The predicted molar refractivity (Wildman–Crippen MR) is 211 cm³/mol. The van der Waals surface area contributed by atoms with Gasteiger partial charge in [-0.1, -0.05) is 47.5 Å². The highest BCUT2D eigenvalue weighted by Gasteiger charge is 2.40. The zero-order chi connectivity index (χ0) is 37.8. The van der Waals surface area contributed by atoms with E-state index in [4.69, 9.17) is 42.4 Å². The Kier molecular flexibility index (Phi) is 11.4. The van der Waals surface area contributed by atoms with E-state index in [-0.39, 0.29) is 23.0 Å². The smallest absolute Gasteiger partial charge is 0.254 e. The molecule has 1 amide bonds. The molecule has 2 aliphatic heterocycles. The van der Waals surface area contributed by atoms with Gasteiger partial charge in [-0.25, -0.2) is 4.98 Å². The molecule has 0 radical (unpaired) electrons. The molecule has 2 saturated heterocycles. The summed E-state index contributed by atoms with van der Waals surface area (Å²) in [5.41, 5.74) is 3.80. The van der Waals surface area contributed by atoms with Crippen LogP contribution < -0.4 is 14.2 Å². The molecule has 2 fully saturated rings. The molecule has 0 spiro atoms. The first kappa shape index (κ1) is 37.7. The molecule has 10 nitrogen and oxygen atoms in total. The number of benzene rings is 3. The van der Waals surface area contributed by atoms with E-state index in [1.165, 1.54) is 0 Å². The SMILES string of the molecule is COc1cc(C(=O)N2CCCC(CCN3CCC(C(=O)c4nc5ccccc5n4Cc4ccccn4)CC3)(c3ccc(Cl)c(Cl)c3)C2)cc(OC)c1OC. The molecule has 2 aliphatic rings. The van der Waals surface area contributed by atoms with Crippen LogP contribution in [-0.4, -0.2) is 90.1 Å². The zero-order valence-electron chi connectivity index (χ0n) is 30.9. The van der Waals surface area contributed by atoms with Crippen LogP contribution in [0.25, 0.3) is 11.0 Å². The van der Waals surface area contributed by atoms with Crippen molar-refractivity contribution in [1.82, 2.24) is 24.3 Å². The van der Waals surface area contributed by atoms with Crippen LogP contribution in [0, 0.1) is 5.92 Å². The molecular weight excluding hydrogens is 725 g/mol. The third-order valence-electron chi connectivity index (χ3n) is 11.1. The fourth-order valence-electron chi connectivity index (χ4n) is 8.15. The van der Waals surface area contributed by atoms with Gasteiger partial charge in [0, 0.05) is 36.2 Å². The molecule has 2 aromatic heterocycles. The molecule has 282 valence electrons. The van der Waals surface area contributed by atoms with Crippen LogP contribution in [-0.2, 0) is 12.0 Å². The summed E-state index contributed by atoms with van der Waals surface area (Å²) in [5, 5.41) is 0.993. The quantitative estimate of drug-likeness (QED) is 0.118. The van der Waals surface area contributed by atoms with Gasteiger partial charge in [0.05, 0.1) is 54.6 Å². The van der Waals surface area contributed by atoms with Gasteiger partial charge < -0.3 is 28.6 Å². The summed E-state index contributed by atoms with van der Waals surface area (Å²) in [6, 6.07) is 23.0. The average molecular weight is 771 g/mol. The van der Waals surface area contributed by atoms with Crippen LogP contribution in [0.1, 0.15) is 64.3 Å². The number of Topliss-reactive ketones (excluding diaryl/α,β-unsaturated/α-hetero) is 1. The van der Waals surface area contributed by atoms with E-state index in [0.29, 0.717) is 58.3 Å². The maximum Gasteiger partial charge on any atom is 0.254 e. The fraction of sp³-hybridized carbons (Fsp3) is 0.381. The number of likely N-dealkylation sites (tertiary alicyclic amines) is 2. The molecule has 0 N–H and O–H groups in total. The summed E-state index contributed by atoms with van der Waals surface area (Å²) in [4.78, 5) is 42.0. The van der Waals surface area contributed by atoms with Gasteiger partial charge in [-0.05, 0) is 106 Å². The molecule has 5 aromatic rings. The van der Waals surface area contributed by atoms with Gasteiger partial charge in [0.25, 0.3) is 5.91 Å². The normalized spacial score (nSPS) is 18.1. The average Bonchev–Trinajstić information content (AvgIpc) is 3.58. The number of carbonyl (C=O) groups excluding carboxylic acids is 2.